The Balaban J connectivity index is 1.55. The van der Waals surface area contributed by atoms with Crippen molar-refractivity contribution in [3.63, 3.8) is 0 Å². The Morgan fingerprint density at radius 1 is 1.18 bits per heavy atom. The van der Waals surface area contributed by atoms with Crippen LogP contribution in [0.15, 0.2) is 51.9 Å². The molecule has 28 heavy (non-hydrogen) atoms. The summed E-state index contributed by atoms with van der Waals surface area (Å²) in [4.78, 5) is 17.4. The lowest BCUT2D eigenvalue weighted by Crippen LogP contribution is -2.07. The van der Waals surface area contributed by atoms with Crippen molar-refractivity contribution in [1.29, 1.82) is 0 Å². The van der Waals surface area contributed by atoms with Gasteiger partial charge in [0.2, 0.25) is 5.82 Å². The molecule has 0 aliphatic heterocycles. The van der Waals surface area contributed by atoms with E-state index in [2.05, 4.69) is 16.2 Å². The number of thioether (sulfide) groups is 1. The molecular weight excluding hydrogens is 376 g/mol. The SMILES string of the molecule is CCOc1ccccc1-c1noc(COC(=O)CSc2ccc(C)cc2C)n1. The molecule has 1 aromatic heterocycles. The fraction of sp³-hybridized carbons (Fsp3) is 0.286. The molecule has 0 aliphatic rings. The van der Waals surface area contributed by atoms with Crippen LogP contribution in [-0.2, 0) is 16.1 Å². The predicted octanol–water partition coefficient (Wildman–Crippen LogP) is 4.59. The Morgan fingerprint density at radius 3 is 2.79 bits per heavy atom. The Kier molecular flexibility index (Phi) is 6.71. The van der Waals surface area contributed by atoms with E-state index in [1.165, 1.54) is 17.3 Å². The van der Waals surface area contributed by atoms with Crippen LogP contribution in [0.2, 0.25) is 0 Å². The number of aryl methyl sites for hydroxylation is 2. The smallest absolute Gasteiger partial charge is 0.316 e. The van der Waals surface area contributed by atoms with Gasteiger partial charge in [-0.3, -0.25) is 4.79 Å². The number of nitrogens with zero attached hydrogens (tertiary/aromatic N) is 2. The first-order valence-electron chi connectivity index (χ1n) is 8.97. The first kappa shape index (κ1) is 19.9. The minimum absolute atomic E-state index is 0.0594. The number of hydrogen-bond acceptors (Lipinski definition) is 7. The average Bonchev–Trinajstić information content (AvgIpc) is 3.15. The van der Waals surface area contributed by atoms with Crippen molar-refractivity contribution >= 4 is 17.7 Å². The molecule has 146 valence electrons. The summed E-state index contributed by atoms with van der Waals surface area (Å²) in [5, 5.41) is 3.96. The number of carbonyl (C=O) groups is 1. The van der Waals surface area contributed by atoms with E-state index in [4.69, 9.17) is 14.0 Å². The predicted molar refractivity (Wildman–Crippen MR) is 107 cm³/mol. The number of para-hydroxylation sites is 1. The Hall–Kier alpha value is -2.80. The van der Waals surface area contributed by atoms with Crippen LogP contribution in [0, 0.1) is 13.8 Å². The zero-order valence-corrected chi connectivity index (χ0v) is 16.9. The van der Waals surface area contributed by atoms with Crippen LogP contribution in [-0.4, -0.2) is 28.5 Å². The summed E-state index contributed by atoms with van der Waals surface area (Å²) in [6, 6.07) is 13.6. The highest BCUT2D eigenvalue weighted by Crippen LogP contribution is 2.27. The zero-order chi connectivity index (χ0) is 19.9. The normalized spacial score (nSPS) is 10.7. The second-order valence-corrected chi connectivity index (χ2v) is 7.18. The third-order valence-corrected chi connectivity index (χ3v) is 5.08. The molecule has 0 saturated carbocycles. The maximum Gasteiger partial charge on any atom is 0.316 e. The van der Waals surface area contributed by atoms with E-state index in [0.29, 0.717) is 18.2 Å². The van der Waals surface area contributed by atoms with Crippen LogP contribution in [0.1, 0.15) is 23.9 Å². The quantitative estimate of drug-likeness (QED) is 0.406. The van der Waals surface area contributed by atoms with Gasteiger partial charge in [-0.1, -0.05) is 35.0 Å². The Labute approximate surface area is 168 Å². The molecule has 0 spiro atoms. The van der Waals surface area contributed by atoms with Crippen molar-refractivity contribution in [2.75, 3.05) is 12.4 Å². The first-order valence-corrected chi connectivity index (χ1v) is 9.96. The molecule has 0 bridgehead atoms. The number of rotatable bonds is 8. The fourth-order valence-electron chi connectivity index (χ4n) is 2.64. The summed E-state index contributed by atoms with van der Waals surface area (Å²) in [5.74, 6) is 1.21. The molecule has 0 amide bonds. The van der Waals surface area contributed by atoms with E-state index in [9.17, 15) is 4.79 Å². The monoisotopic (exact) mass is 398 g/mol. The van der Waals surface area contributed by atoms with Gasteiger partial charge in [-0.2, -0.15) is 4.98 Å². The number of esters is 1. The maximum absolute atomic E-state index is 12.0. The number of aromatic nitrogens is 2. The van der Waals surface area contributed by atoms with Crippen LogP contribution in [0.3, 0.4) is 0 Å². The van der Waals surface area contributed by atoms with Gasteiger partial charge < -0.3 is 14.0 Å². The van der Waals surface area contributed by atoms with E-state index < -0.39 is 0 Å². The van der Waals surface area contributed by atoms with Gasteiger partial charge in [0.1, 0.15) is 5.75 Å². The minimum Gasteiger partial charge on any atom is -0.493 e. The lowest BCUT2D eigenvalue weighted by molar-refractivity contribution is -0.142. The molecule has 6 nitrogen and oxygen atoms in total. The maximum atomic E-state index is 12.0. The van der Waals surface area contributed by atoms with Crippen LogP contribution in [0.4, 0.5) is 0 Å². The van der Waals surface area contributed by atoms with Gasteiger partial charge in [0.25, 0.3) is 5.89 Å². The lowest BCUT2D eigenvalue weighted by atomic mass is 10.2. The highest BCUT2D eigenvalue weighted by atomic mass is 32.2. The molecule has 3 aromatic rings. The molecule has 0 saturated heterocycles. The van der Waals surface area contributed by atoms with Crippen molar-refractivity contribution in [3.05, 3.63) is 59.5 Å². The average molecular weight is 398 g/mol. The van der Waals surface area contributed by atoms with Crippen LogP contribution >= 0.6 is 11.8 Å². The lowest BCUT2D eigenvalue weighted by Gasteiger charge is -2.06. The van der Waals surface area contributed by atoms with Gasteiger partial charge >= 0.3 is 5.97 Å². The van der Waals surface area contributed by atoms with Crippen LogP contribution in [0.5, 0.6) is 5.75 Å². The van der Waals surface area contributed by atoms with Gasteiger partial charge in [0.15, 0.2) is 6.61 Å². The number of carbonyl (C=O) groups excluding carboxylic acids is 1. The van der Waals surface area contributed by atoms with Gasteiger partial charge in [0.05, 0.1) is 17.9 Å². The summed E-state index contributed by atoms with van der Waals surface area (Å²) >= 11 is 1.45. The highest BCUT2D eigenvalue weighted by Gasteiger charge is 2.15. The first-order chi connectivity index (χ1) is 13.6. The summed E-state index contributed by atoms with van der Waals surface area (Å²) in [7, 11) is 0. The summed E-state index contributed by atoms with van der Waals surface area (Å²) < 4.78 is 16.0. The second kappa shape index (κ2) is 9.41. The molecule has 0 radical (unpaired) electrons. The van der Waals surface area contributed by atoms with Crippen molar-refractivity contribution in [3.8, 4) is 17.1 Å². The number of benzene rings is 2. The molecule has 2 aromatic carbocycles. The van der Waals surface area contributed by atoms with E-state index in [-0.39, 0.29) is 24.2 Å². The molecule has 0 fully saturated rings. The van der Waals surface area contributed by atoms with Crippen molar-refractivity contribution in [2.24, 2.45) is 0 Å². The molecule has 0 aliphatic carbocycles. The zero-order valence-electron chi connectivity index (χ0n) is 16.1. The van der Waals surface area contributed by atoms with E-state index in [1.807, 2.05) is 57.2 Å². The van der Waals surface area contributed by atoms with Gasteiger partial charge in [-0.05, 0) is 44.5 Å². The molecule has 7 heteroatoms. The van der Waals surface area contributed by atoms with Crippen molar-refractivity contribution < 1.29 is 18.8 Å². The third kappa shape index (κ3) is 5.13. The molecular formula is C21H22N2O4S. The van der Waals surface area contributed by atoms with Gasteiger partial charge in [0, 0.05) is 4.90 Å². The van der Waals surface area contributed by atoms with Crippen molar-refractivity contribution in [2.45, 2.75) is 32.3 Å². The van der Waals surface area contributed by atoms with Crippen molar-refractivity contribution in [1.82, 2.24) is 10.1 Å². The van der Waals surface area contributed by atoms with Crippen LogP contribution < -0.4 is 4.74 Å². The Bertz CT molecular complexity index is 955. The van der Waals surface area contributed by atoms with Gasteiger partial charge in [-0.15, -0.1) is 11.8 Å². The minimum atomic E-state index is -0.334. The summed E-state index contributed by atoms with van der Waals surface area (Å²) in [6.07, 6.45) is 0. The molecule has 1 heterocycles. The summed E-state index contributed by atoms with van der Waals surface area (Å²) in [5.41, 5.74) is 3.07. The standard InChI is InChI=1S/C21H22N2O4S/c1-4-25-17-8-6-5-7-16(17)21-22-19(27-23-21)12-26-20(24)13-28-18-10-9-14(2)11-15(18)3/h5-11H,4,12-13H2,1-3H3. The van der Waals surface area contributed by atoms with Gasteiger partial charge in [-0.25, -0.2) is 0 Å². The second-order valence-electron chi connectivity index (χ2n) is 6.16. The highest BCUT2D eigenvalue weighted by molar-refractivity contribution is 8.00. The number of ether oxygens (including phenoxy) is 2. The van der Waals surface area contributed by atoms with E-state index in [0.717, 1.165) is 16.0 Å². The van der Waals surface area contributed by atoms with E-state index in [1.54, 1.807) is 0 Å². The molecule has 0 atom stereocenters. The van der Waals surface area contributed by atoms with E-state index >= 15 is 0 Å². The largest absolute Gasteiger partial charge is 0.493 e. The molecule has 3 rings (SSSR count). The summed E-state index contributed by atoms with van der Waals surface area (Å²) in [6.45, 7) is 6.46. The Morgan fingerprint density at radius 2 is 2.00 bits per heavy atom. The third-order valence-electron chi connectivity index (χ3n) is 3.93. The van der Waals surface area contributed by atoms with Crippen LogP contribution in [0.25, 0.3) is 11.4 Å². The topological polar surface area (TPSA) is 74.5 Å². The molecule has 0 N–H and O–H groups in total. The fourth-order valence-corrected chi connectivity index (χ4v) is 3.45. The molecule has 0 unspecified atom stereocenters. The number of hydrogen-bond donors (Lipinski definition) is 0.